The number of amides is 2. The third-order valence-corrected chi connectivity index (χ3v) is 3.92. The van der Waals surface area contributed by atoms with E-state index >= 15 is 0 Å². The van der Waals surface area contributed by atoms with E-state index in [4.69, 9.17) is 0 Å². The van der Waals surface area contributed by atoms with Crippen LogP contribution in [0.2, 0.25) is 0 Å². The Kier molecular flexibility index (Phi) is 4.16. The Morgan fingerprint density at radius 2 is 1.95 bits per heavy atom. The second kappa shape index (κ2) is 5.71. The van der Waals surface area contributed by atoms with Gasteiger partial charge in [0, 0.05) is 25.8 Å². The molecule has 1 unspecified atom stereocenters. The molecule has 1 atom stereocenters. The van der Waals surface area contributed by atoms with Gasteiger partial charge in [0.05, 0.1) is 0 Å². The molecule has 21 heavy (non-hydrogen) atoms. The second-order valence-electron chi connectivity index (χ2n) is 5.75. The molecular formula is C15H21N3O3. The van der Waals surface area contributed by atoms with Crippen molar-refractivity contribution in [1.82, 2.24) is 14.8 Å². The van der Waals surface area contributed by atoms with E-state index in [2.05, 4.69) is 4.98 Å². The summed E-state index contributed by atoms with van der Waals surface area (Å²) in [6.07, 6.45) is 0. The molecule has 114 valence electrons. The normalized spacial score (nSPS) is 19.3. The summed E-state index contributed by atoms with van der Waals surface area (Å²) in [6, 6.07) is 2.76. The fourth-order valence-electron chi connectivity index (χ4n) is 2.44. The van der Waals surface area contributed by atoms with Crippen molar-refractivity contribution in [3.8, 4) is 0 Å². The number of aromatic nitrogens is 1. The third-order valence-electron chi connectivity index (χ3n) is 3.92. The van der Waals surface area contributed by atoms with Crippen LogP contribution in [0.15, 0.2) is 16.9 Å². The molecule has 1 saturated heterocycles. The summed E-state index contributed by atoms with van der Waals surface area (Å²) in [5.41, 5.74) is 0.479. The van der Waals surface area contributed by atoms with Crippen molar-refractivity contribution in [2.75, 3.05) is 20.1 Å². The lowest BCUT2D eigenvalue weighted by molar-refractivity contribution is -0.137. The number of carbonyl (C=O) groups is 2. The highest BCUT2D eigenvalue weighted by molar-refractivity contribution is 5.97. The van der Waals surface area contributed by atoms with Crippen molar-refractivity contribution in [1.29, 1.82) is 0 Å². The first-order chi connectivity index (χ1) is 9.82. The highest BCUT2D eigenvalue weighted by atomic mass is 16.2. The molecule has 0 aromatic carbocycles. The Morgan fingerprint density at radius 1 is 1.29 bits per heavy atom. The molecule has 0 radical (unpaired) electrons. The van der Waals surface area contributed by atoms with E-state index in [9.17, 15) is 14.4 Å². The molecule has 0 bridgehead atoms. The van der Waals surface area contributed by atoms with Gasteiger partial charge in [0.25, 0.3) is 11.5 Å². The Bertz CT molecular complexity index is 621. The minimum absolute atomic E-state index is 0.0867. The highest BCUT2D eigenvalue weighted by Gasteiger charge is 2.33. The van der Waals surface area contributed by atoms with Gasteiger partial charge in [-0.25, -0.2) is 0 Å². The van der Waals surface area contributed by atoms with E-state index in [1.165, 1.54) is 4.90 Å². The fraction of sp³-hybridized carbons (Fsp3) is 0.533. The quantitative estimate of drug-likeness (QED) is 0.876. The van der Waals surface area contributed by atoms with Gasteiger partial charge >= 0.3 is 0 Å². The summed E-state index contributed by atoms with van der Waals surface area (Å²) < 4.78 is 0. The van der Waals surface area contributed by atoms with Gasteiger partial charge in [0.2, 0.25) is 5.91 Å². The number of carbonyl (C=O) groups excluding carboxylic acids is 2. The first kappa shape index (κ1) is 15.3. The zero-order valence-corrected chi connectivity index (χ0v) is 12.8. The standard InChI is InChI=1S/C15H21N3O3/c1-9(2)12-6-5-11(13(19)16-12)15(21)18-8-7-17(4)14(20)10(18)3/h5-6,9-10H,7-8H2,1-4H3,(H,16,19). The molecule has 1 aliphatic heterocycles. The maximum Gasteiger partial charge on any atom is 0.261 e. The van der Waals surface area contributed by atoms with Gasteiger partial charge in [-0.1, -0.05) is 13.8 Å². The third kappa shape index (κ3) is 2.84. The number of likely N-dealkylation sites (N-methyl/N-ethyl adjacent to an activating group) is 1. The number of nitrogens with one attached hydrogen (secondary N) is 1. The van der Waals surface area contributed by atoms with Crippen LogP contribution in [-0.2, 0) is 4.79 Å². The summed E-state index contributed by atoms with van der Waals surface area (Å²) in [5, 5.41) is 0. The fourth-order valence-corrected chi connectivity index (χ4v) is 2.44. The monoisotopic (exact) mass is 291 g/mol. The molecule has 1 N–H and O–H groups in total. The molecule has 6 nitrogen and oxygen atoms in total. The number of rotatable bonds is 2. The topological polar surface area (TPSA) is 73.5 Å². The van der Waals surface area contributed by atoms with Crippen molar-refractivity contribution in [3.63, 3.8) is 0 Å². The maximum atomic E-state index is 12.5. The molecule has 1 aromatic rings. The molecule has 0 saturated carbocycles. The summed E-state index contributed by atoms with van der Waals surface area (Å²) in [5.74, 6) is -0.309. The SMILES string of the molecule is CC(C)c1ccc(C(=O)N2CCN(C)C(=O)C2C)c(=O)[nH]1. The summed E-state index contributed by atoms with van der Waals surface area (Å²) in [4.78, 5) is 42.3. The van der Waals surface area contributed by atoms with Crippen LogP contribution in [0.4, 0.5) is 0 Å². The zero-order chi connectivity index (χ0) is 15.7. The van der Waals surface area contributed by atoms with E-state index in [-0.39, 0.29) is 23.3 Å². The number of piperazine rings is 1. The molecule has 2 rings (SSSR count). The summed E-state index contributed by atoms with van der Waals surface area (Å²) in [7, 11) is 1.71. The van der Waals surface area contributed by atoms with Crippen molar-refractivity contribution in [2.45, 2.75) is 32.7 Å². The summed E-state index contributed by atoms with van der Waals surface area (Å²) in [6.45, 7) is 6.54. The molecular weight excluding hydrogens is 270 g/mol. The van der Waals surface area contributed by atoms with Gasteiger partial charge in [-0.15, -0.1) is 0 Å². The molecule has 1 fully saturated rings. The van der Waals surface area contributed by atoms with Crippen molar-refractivity contribution in [3.05, 3.63) is 33.7 Å². The molecule has 2 heterocycles. The van der Waals surface area contributed by atoms with Gasteiger partial charge in [0.15, 0.2) is 0 Å². The van der Waals surface area contributed by atoms with E-state index in [1.807, 2.05) is 13.8 Å². The number of hydrogen-bond donors (Lipinski definition) is 1. The Balaban J connectivity index is 2.28. The van der Waals surface area contributed by atoms with E-state index < -0.39 is 11.6 Å². The number of pyridine rings is 1. The molecule has 2 amide bonds. The van der Waals surface area contributed by atoms with Crippen LogP contribution in [0.3, 0.4) is 0 Å². The van der Waals surface area contributed by atoms with Crippen molar-refractivity contribution in [2.24, 2.45) is 0 Å². The number of hydrogen-bond acceptors (Lipinski definition) is 3. The van der Waals surface area contributed by atoms with Crippen LogP contribution in [0, 0.1) is 0 Å². The lowest BCUT2D eigenvalue weighted by Gasteiger charge is -2.37. The van der Waals surface area contributed by atoms with Crippen molar-refractivity contribution < 1.29 is 9.59 Å². The Morgan fingerprint density at radius 3 is 2.52 bits per heavy atom. The van der Waals surface area contributed by atoms with Gasteiger partial charge in [-0.2, -0.15) is 0 Å². The van der Waals surface area contributed by atoms with E-state index in [0.717, 1.165) is 5.69 Å². The van der Waals surface area contributed by atoms with Crippen molar-refractivity contribution >= 4 is 11.8 Å². The lowest BCUT2D eigenvalue weighted by atomic mass is 10.1. The van der Waals surface area contributed by atoms with E-state index in [1.54, 1.807) is 31.0 Å². The van der Waals surface area contributed by atoms with Crippen LogP contribution in [0.25, 0.3) is 0 Å². The van der Waals surface area contributed by atoms with Gasteiger partial charge in [-0.05, 0) is 25.0 Å². The van der Waals surface area contributed by atoms with Crippen LogP contribution in [0.5, 0.6) is 0 Å². The average Bonchev–Trinajstić information content (AvgIpc) is 2.44. The maximum absolute atomic E-state index is 12.5. The summed E-state index contributed by atoms with van der Waals surface area (Å²) >= 11 is 0. The first-order valence-electron chi connectivity index (χ1n) is 7.12. The first-order valence-corrected chi connectivity index (χ1v) is 7.12. The zero-order valence-electron chi connectivity index (χ0n) is 12.8. The van der Waals surface area contributed by atoms with Crippen LogP contribution >= 0.6 is 0 Å². The van der Waals surface area contributed by atoms with Gasteiger partial charge < -0.3 is 14.8 Å². The molecule has 1 aromatic heterocycles. The average molecular weight is 291 g/mol. The van der Waals surface area contributed by atoms with E-state index in [0.29, 0.717) is 13.1 Å². The van der Waals surface area contributed by atoms with Crippen LogP contribution in [-0.4, -0.2) is 52.8 Å². The predicted octanol–water partition coefficient (Wildman–Crippen LogP) is 0.801. The minimum atomic E-state index is -0.541. The van der Waals surface area contributed by atoms with Gasteiger partial charge in [-0.3, -0.25) is 14.4 Å². The Labute approximate surface area is 123 Å². The smallest absolute Gasteiger partial charge is 0.261 e. The van der Waals surface area contributed by atoms with Gasteiger partial charge in [0.1, 0.15) is 11.6 Å². The Hall–Kier alpha value is -2.11. The second-order valence-corrected chi connectivity index (χ2v) is 5.75. The largest absolute Gasteiger partial charge is 0.342 e. The number of aromatic amines is 1. The highest BCUT2D eigenvalue weighted by Crippen LogP contribution is 2.14. The molecule has 0 spiro atoms. The van der Waals surface area contributed by atoms with Crippen LogP contribution < -0.4 is 5.56 Å². The minimum Gasteiger partial charge on any atom is -0.342 e. The predicted molar refractivity (Wildman–Crippen MR) is 79.3 cm³/mol. The number of H-pyrrole nitrogens is 1. The van der Waals surface area contributed by atoms with Crippen LogP contribution in [0.1, 0.15) is 42.7 Å². The lowest BCUT2D eigenvalue weighted by Crippen LogP contribution is -2.56. The molecule has 0 aliphatic carbocycles. The molecule has 1 aliphatic rings. The number of nitrogens with zero attached hydrogens (tertiary/aromatic N) is 2. The molecule has 6 heteroatoms.